The number of hydrogen-bond acceptors (Lipinski definition) is 3. The molecule has 5 heteroatoms. The zero-order valence-corrected chi connectivity index (χ0v) is 12.2. The molecule has 3 unspecified atom stereocenters. The van der Waals surface area contributed by atoms with E-state index in [9.17, 15) is 4.39 Å². The molecule has 110 valence electrons. The summed E-state index contributed by atoms with van der Waals surface area (Å²) >= 11 is 5.80. The molecule has 2 fully saturated rings. The Balaban J connectivity index is 1.61. The summed E-state index contributed by atoms with van der Waals surface area (Å²) in [4.78, 5) is 2.48. The van der Waals surface area contributed by atoms with E-state index in [2.05, 4.69) is 4.90 Å². The molecule has 3 rings (SSSR count). The highest BCUT2D eigenvalue weighted by molar-refractivity contribution is 6.30. The van der Waals surface area contributed by atoms with Gasteiger partial charge in [-0.3, -0.25) is 4.90 Å². The third-order valence-electron chi connectivity index (χ3n) is 4.35. The zero-order chi connectivity index (χ0) is 14.1. The maximum Gasteiger partial charge on any atom is 0.141 e. The molecule has 0 aromatic heterocycles. The molecule has 2 aliphatic rings. The SMILES string of the molecule is NC(Cc1ccc(F)c(Cl)c1)C1CN2CCCC2CO1. The second-order valence-corrected chi connectivity index (χ2v) is 6.19. The molecule has 3 nitrogen and oxygen atoms in total. The molecule has 0 spiro atoms. The van der Waals surface area contributed by atoms with Gasteiger partial charge in [0.1, 0.15) is 5.82 Å². The van der Waals surface area contributed by atoms with Crippen molar-refractivity contribution in [1.29, 1.82) is 0 Å². The van der Waals surface area contributed by atoms with Crippen molar-refractivity contribution in [3.63, 3.8) is 0 Å². The van der Waals surface area contributed by atoms with Crippen LogP contribution in [0.15, 0.2) is 18.2 Å². The number of nitrogens with two attached hydrogens (primary N) is 1. The predicted molar refractivity (Wildman–Crippen MR) is 77.4 cm³/mol. The van der Waals surface area contributed by atoms with E-state index in [1.807, 2.05) is 0 Å². The topological polar surface area (TPSA) is 38.5 Å². The van der Waals surface area contributed by atoms with Crippen LogP contribution in [0.5, 0.6) is 0 Å². The fourth-order valence-corrected chi connectivity index (χ4v) is 3.38. The van der Waals surface area contributed by atoms with Gasteiger partial charge in [-0.1, -0.05) is 17.7 Å². The van der Waals surface area contributed by atoms with Crippen LogP contribution in [-0.2, 0) is 11.2 Å². The van der Waals surface area contributed by atoms with E-state index < -0.39 is 5.82 Å². The van der Waals surface area contributed by atoms with Crippen molar-refractivity contribution in [2.75, 3.05) is 19.7 Å². The Morgan fingerprint density at radius 1 is 1.50 bits per heavy atom. The summed E-state index contributed by atoms with van der Waals surface area (Å²) < 4.78 is 19.0. The minimum Gasteiger partial charge on any atom is -0.374 e. The Hall–Kier alpha value is -0.680. The van der Waals surface area contributed by atoms with Crippen molar-refractivity contribution in [3.8, 4) is 0 Å². The van der Waals surface area contributed by atoms with Crippen molar-refractivity contribution in [2.24, 2.45) is 5.73 Å². The van der Waals surface area contributed by atoms with Crippen LogP contribution in [-0.4, -0.2) is 42.8 Å². The average molecular weight is 299 g/mol. The summed E-state index contributed by atoms with van der Waals surface area (Å²) in [5, 5.41) is 0.152. The molecule has 1 aromatic rings. The molecular formula is C15H20ClFN2O. The zero-order valence-electron chi connectivity index (χ0n) is 11.4. The first kappa shape index (κ1) is 14.3. The molecule has 3 atom stereocenters. The number of fused-ring (bicyclic) bond motifs is 1. The van der Waals surface area contributed by atoms with Gasteiger partial charge in [0.15, 0.2) is 0 Å². The summed E-state index contributed by atoms with van der Waals surface area (Å²) in [5.41, 5.74) is 7.22. The third-order valence-corrected chi connectivity index (χ3v) is 4.64. The highest BCUT2D eigenvalue weighted by atomic mass is 35.5. The van der Waals surface area contributed by atoms with Crippen LogP contribution in [0.25, 0.3) is 0 Å². The molecular weight excluding hydrogens is 279 g/mol. The van der Waals surface area contributed by atoms with Crippen LogP contribution in [0.3, 0.4) is 0 Å². The second kappa shape index (κ2) is 5.98. The fourth-order valence-electron chi connectivity index (χ4n) is 3.17. The highest BCUT2D eigenvalue weighted by Gasteiger charge is 2.34. The molecule has 2 aliphatic heterocycles. The third kappa shape index (κ3) is 2.98. The normalized spacial score (nSPS) is 28.4. The van der Waals surface area contributed by atoms with Crippen LogP contribution >= 0.6 is 11.6 Å². The van der Waals surface area contributed by atoms with Gasteiger partial charge in [0.2, 0.25) is 0 Å². The van der Waals surface area contributed by atoms with Crippen molar-refractivity contribution in [1.82, 2.24) is 4.90 Å². The monoisotopic (exact) mass is 298 g/mol. The maximum absolute atomic E-state index is 13.1. The first-order valence-electron chi connectivity index (χ1n) is 7.18. The largest absolute Gasteiger partial charge is 0.374 e. The number of benzene rings is 1. The summed E-state index contributed by atoms with van der Waals surface area (Å²) in [6.45, 7) is 2.84. The average Bonchev–Trinajstić information content (AvgIpc) is 2.90. The number of ether oxygens (including phenoxy) is 1. The van der Waals surface area contributed by atoms with Crippen molar-refractivity contribution >= 4 is 11.6 Å². The predicted octanol–water partition coefficient (Wildman–Crippen LogP) is 2.21. The van der Waals surface area contributed by atoms with Crippen LogP contribution in [0, 0.1) is 5.82 Å². The van der Waals surface area contributed by atoms with Gasteiger partial charge in [0.05, 0.1) is 17.7 Å². The summed E-state index contributed by atoms with van der Waals surface area (Å²) in [6.07, 6.45) is 3.19. The van der Waals surface area contributed by atoms with E-state index in [1.165, 1.54) is 18.9 Å². The molecule has 0 amide bonds. The minimum absolute atomic E-state index is 0.0492. The van der Waals surface area contributed by atoms with Gasteiger partial charge in [0, 0.05) is 18.6 Å². The maximum atomic E-state index is 13.1. The van der Waals surface area contributed by atoms with E-state index in [4.69, 9.17) is 22.1 Å². The Morgan fingerprint density at radius 2 is 2.35 bits per heavy atom. The van der Waals surface area contributed by atoms with E-state index in [0.29, 0.717) is 12.5 Å². The first-order chi connectivity index (χ1) is 9.63. The van der Waals surface area contributed by atoms with Gasteiger partial charge >= 0.3 is 0 Å². The first-order valence-corrected chi connectivity index (χ1v) is 7.56. The molecule has 0 radical (unpaired) electrons. The lowest BCUT2D eigenvalue weighted by atomic mass is 10.00. The van der Waals surface area contributed by atoms with Crippen LogP contribution in [0.1, 0.15) is 18.4 Å². The Kier molecular flexibility index (Phi) is 4.26. The molecule has 2 N–H and O–H groups in total. The van der Waals surface area contributed by atoms with Gasteiger partial charge < -0.3 is 10.5 Å². The lowest BCUT2D eigenvalue weighted by molar-refractivity contribution is -0.0589. The van der Waals surface area contributed by atoms with Gasteiger partial charge in [0.25, 0.3) is 0 Å². The molecule has 0 bridgehead atoms. The number of morpholine rings is 1. The fraction of sp³-hybridized carbons (Fsp3) is 0.600. The lowest BCUT2D eigenvalue weighted by Crippen LogP contribution is -2.53. The lowest BCUT2D eigenvalue weighted by Gasteiger charge is -2.37. The molecule has 20 heavy (non-hydrogen) atoms. The number of hydrogen-bond donors (Lipinski definition) is 1. The van der Waals surface area contributed by atoms with E-state index in [-0.39, 0.29) is 17.2 Å². The Labute approximate surface area is 123 Å². The molecule has 2 saturated heterocycles. The summed E-state index contributed by atoms with van der Waals surface area (Å²) in [6, 6.07) is 5.28. The number of nitrogens with zero attached hydrogens (tertiary/aromatic N) is 1. The van der Waals surface area contributed by atoms with Gasteiger partial charge in [-0.25, -0.2) is 4.39 Å². The van der Waals surface area contributed by atoms with Crippen LogP contribution < -0.4 is 5.73 Å². The molecule has 0 aliphatic carbocycles. The van der Waals surface area contributed by atoms with Crippen molar-refractivity contribution < 1.29 is 9.13 Å². The summed E-state index contributed by atoms with van der Waals surface area (Å²) in [7, 11) is 0. The number of rotatable bonds is 3. The van der Waals surface area contributed by atoms with Crippen LogP contribution in [0.2, 0.25) is 5.02 Å². The molecule has 1 aromatic carbocycles. The van der Waals surface area contributed by atoms with Crippen LogP contribution in [0.4, 0.5) is 4.39 Å². The highest BCUT2D eigenvalue weighted by Crippen LogP contribution is 2.24. The minimum atomic E-state index is -0.391. The number of halogens is 2. The van der Waals surface area contributed by atoms with E-state index in [0.717, 1.165) is 25.3 Å². The van der Waals surface area contributed by atoms with Crippen molar-refractivity contribution in [2.45, 2.75) is 37.5 Å². The van der Waals surface area contributed by atoms with Gasteiger partial charge in [-0.2, -0.15) is 0 Å². The Morgan fingerprint density at radius 3 is 3.15 bits per heavy atom. The van der Waals surface area contributed by atoms with E-state index in [1.54, 1.807) is 12.1 Å². The quantitative estimate of drug-likeness (QED) is 0.930. The van der Waals surface area contributed by atoms with E-state index >= 15 is 0 Å². The van der Waals surface area contributed by atoms with Gasteiger partial charge in [-0.15, -0.1) is 0 Å². The smallest absolute Gasteiger partial charge is 0.141 e. The standard InChI is InChI=1S/C15H20ClFN2O/c16-12-6-10(3-4-13(12)17)7-14(18)15-8-19-5-1-2-11(19)9-20-15/h3-4,6,11,14-15H,1-2,5,7-9,18H2. The summed E-state index contributed by atoms with van der Waals surface area (Å²) in [5.74, 6) is -0.391. The molecule has 0 saturated carbocycles. The van der Waals surface area contributed by atoms with Gasteiger partial charge in [-0.05, 0) is 43.5 Å². The Bertz CT molecular complexity index is 485. The second-order valence-electron chi connectivity index (χ2n) is 5.78. The van der Waals surface area contributed by atoms with Crippen molar-refractivity contribution in [3.05, 3.63) is 34.6 Å². The molecule has 2 heterocycles.